The van der Waals surface area contributed by atoms with Crippen LogP contribution in [0.5, 0.6) is 0 Å². The second-order valence-electron chi connectivity index (χ2n) is 5.71. The summed E-state index contributed by atoms with van der Waals surface area (Å²) in [6.45, 7) is 1.56. The van der Waals surface area contributed by atoms with Crippen molar-refractivity contribution in [1.82, 2.24) is 5.06 Å². The lowest BCUT2D eigenvalue weighted by Gasteiger charge is -2.42. The third kappa shape index (κ3) is 2.79. The predicted octanol–water partition coefficient (Wildman–Crippen LogP) is 4.15. The number of hydrogen-bond donors (Lipinski definition) is 0. The summed E-state index contributed by atoms with van der Waals surface area (Å²) in [5, 5.41) is 2.13. The van der Waals surface area contributed by atoms with Crippen molar-refractivity contribution in [3.05, 3.63) is 41.6 Å². The van der Waals surface area contributed by atoms with Gasteiger partial charge in [-0.25, -0.2) is 0 Å². The van der Waals surface area contributed by atoms with Crippen LogP contribution in [0.4, 0.5) is 0 Å². The lowest BCUT2D eigenvalue weighted by Crippen LogP contribution is -2.44. The fraction of sp³-hybridized carbons (Fsp3) is 0.471. The van der Waals surface area contributed by atoms with Gasteiger partial charge in [0, 0.05) is 18.2 Å². The van der Waals surface area contributed by atoms with Gasteiger partial charge < -0.3 is 0 Å². The molecule has 1 amide bonds. The van der Waals surface area contributed by atoms with Crippen molar-refractivity contribution in [3.63, 3.8) is 0 Å². The van der Waals surface area contributed by atoms with E-state index in [1.807, 2.05) is 6.07 Å². The molecule has 1 heterocycles. The second-order valence-corrected chi connectivity index (χ2v) is 6.27. The molecule has 4 heteroatoms. The zero-order chi connectivity index (χ0) is 14.8. The van der Waals surface area contributed by atoms with Crippen LogP contribution in [-0.2, 0) is 9.63 Å². The number of carbonyl (C=O) groups is 1. The van der Waals surface area contributed by atoms with Crippen molar-refractivity contribution in [3.8, 4) is 0 Å². The van der Waals surface area contributed by atoms with E-state index in [2.05, 4.69) is 40.2 Å². The summed E-state index contributed by atoms with van der Waals surface area (Å²) in [6.07, 6.45) is 4.70. The van der Waals surface area contributed by atoms with Gasteiger partial charge in [-0.15, -0.1) is 0 Å². The molecule has 112 valence electrons. The number of carbonyl (C=O) groups excluding carboxylic acids is 1. The van der Waals surface area contributed by atoms with Crippen LogP contribution in [0, 0.1) is 5.92 Å². The number of nitrogens with zero attached hydrogens (tertiary/aromatic N) is 1. The molecule has 1 saturated carbocycles. The van der Waals surface area contributed by atoms with Gasteiger partial charge in [0.2, 0.25) is 5.91 Å². The van der Waals surface area contributed by atoms with Crippen LogP contribution in [-0.4, -0.2) is 22.4 Å². The predicted molar refractivity (Wildman–Crippen MR) is 86.5 cm³/mol. The van der Waals surface area contributed by atoms with Crippen molar-refractivity contribution < 1.29 is 9.63 Å². The van der Waals surface area contributed by atoms with Gasteiger partial charge in [0.25, 0.3) is 0 Å². The minimum atomic E-state index is -0.0538. The molecule has 0 aromatic heterocycles. The molecule has 2 aliphatic rings. The number of benzene rings is 1. The minimum absolute atomic E-state index is 0.0538. The first-order valence-corrected chi connectivity index (χ1v) is 8.66. The lowest BCUT2D eigenvalue weighted by molar-refractivity contribution is -0.205. The molecule has 1 aromatic carbocycles. The molecule has 3 rings (SSSR count). The molecule has 1 aliphatic heterocycles. The Bertz CT molecular complexity index is 555. The van der Waals surface area contributed by atoms with Crippen LogP contribution in [0.1, 0.15) is 38.2 Å². The van der Waals surface area contributed by atoms with Crippen LogP contribution in [0.2, 0.25) is 0 Å². The smallest absolute Gasteiger partial charge is 0.247 e. The standard InChI is InChI=1S/C17H20BrNO2/c1-12(20)19-15(11-18)17(13-7-3-2-4-8-13)14-9-5-6-10-16(14)21-19/h2-4,7-8,14,16H,5-6,9-11H2,1H3/t14-,16+/m1/s1. The number of alkyl halides is 1. The van der Waals surface area contributed by atoms with Crippen molar-refractivity contribution in [1.29, 1.82) is 0 Å². The summed E-state index contributed by atoms with van der Waals surface area (Å²) in [5.74, 6) is 0.339. The fourth-order valence-electron chi connectivity index (χ4n) is 3.46. The number of allylic oxidation sites excluding steroid dienone is 1. The van der Waals surface area contributed by atoms with Crippen LogP contribution in [0.25, 0.3) is 5.57 Å². The van der Waals surface area contributed by atoms with E-state index >= 15 is 0 Å². The number of amides is 1. The van der Waals surface area contributed by atoms with Gasteiger partial charge >= 0.3 is 0 Å². The number of hydrogen-bond acceptors (Lipinski definition) is 2. The van der Waals surface area contributed by atoms with Gasteiger partial charge in [0.1, 0.15) is 0 Å². The number of halogens is 1. The first-order valence-electron chi connectivity index (χ1n) is 7.54. The van der Waals surface area contributed by atoms with Crippen molar-refractivity contribution in [2.75, 3.05) is 5.33 Å². The van der Waals surface area contributed by atoms with E-state index in [1.54, 1.807) is 6.92 Å². The Kier molecular flexibility index (Phi) is 4.45. The number of rotatable bonds is 2. The monoisotopic (exact) mass is 349 g/mol. The summed E-state index contributed by atoms with van der Waals surface area (Å²) < 4.78 is 0. The molecule has 0 radical (unpaired) electrons. The minimum Gasteiger partial charge on any atom is -0.273 e. The maximum Gasteiger partial charge on any atom is 0.247 e. The van der Waals surface area contributed by atoms with E-state index in [4.69, 9.17) is 4.84 Å². The van der Waals surface area contributed by atoms with E-state index in [1.165, 1.54) is 29.0 Å². The SMILES string of the molecule is CC(=O)N1O[C@H]2CCCC[C@H]2C(c2ccccc2)=C1CBr. The van der Waals surface area contributed by atoms with E-state index < -0.39 is 0 Å². The summed E-state index contributed by atoms with van der Waals surface area (Å²) in [5.41, 5.74) is 3.44. The average molecular weight is 350 g/mol. The van der Waals surface area contributed by atoms with Gasteiger partial charge in [0.15, 0.2) is 0 Å². The van der Waals surface area contributed by atoms with Crippen molar-refractivity contribution in [2.45, 2.75) is 38.7 Å². The molecule has 0 unspecified atom stereocenters. The molecular formula is C17H20BrNO2. The second kappa shape index (κ2) is 6.32. The Balaban J connectivity index is 2.12. The average Bonchev–Trinajstić information content (AvgIpc) is 2.53. The lowest BCUT2D eigenvalue weighted by atomic mass is 9.77. The normalized spacial score (nSPS) is 25.7. The maximum atomic E-state index is 12.0. The van der Waals surface area contributed by atoms with E-state index in [0.717, 1.165) is 18.5 Å². The topological polar surface area (TPSA) is 29.5 Å². The largest absolute Gasteiger partial charge is 0.273 e. The Morgan fingerprint density at radius 1 is 1.29 bits per heavy atom. The van der Waals surface area contributed by atoms with Crippen molar-refractivity contribution >= 4 is 27.4 Å². The number of hydroxylamine groups is 2. The van der Waals surface area contributed by atoms with Crippen LogP contribution in [0.15, 0.2) is 36.0 Å². The quantitative estimate of drug-likeness (QED) is 0.750. The molecule has 0 bridgehead atoms. The zero-order valence-electron chi connectivity index (χ0n) is 12.2. The summed E-state index contributed by atoms with van der Waals surface area (Å²) in [6, 6.07) is 10.4. The third-order valence-electron chi connectivity index (χ3n) is 4.37. The molecule has 3 nitrogen and oxygen atoms in total. The van der Waals surface area contributed by atoms with Gasteiger partial charge in [-0.1, -0.05) is 59.1 Å². The van der Waals surface area contributed by atoms with Crippen LogP contribution in [0.3, 0.4) is 0 Å². The molecular weight excluding hydrogens is 330 g/mol. The first kappa shape index (κ1) is 14.8. The zero-order valence-corrected chi connectivity index (χ0v) is 13.8. The Morgan fingerprint density at radius 3 is 2.67 bits per heavy atom. The van der Waals surface area contributed by atoms with Gasteiger partial charge in [0.05, 0.1) is 11.8 Å². The van der Waals surface area contributed by atoms with E-state index in [0.29, 0.717) is 11.2 Å². The Labute approximate surface area is 134 Å². The van der Waals surface area contributed by atoms with Crippen molar-refractivity contribution in [2.24, 2.45) is 5.92 Å². The molecule has 1 fully saturated rings. The summed E-state index contributed by atoms with van der Waals surface area (Å²) in [4.78, 5) is 18.0. The first-order chi connectivity index (χ1) is 10.2. The van der Waals surface area contributed by atoms with E-state index in [-0.39, 0.29) is 12.0 Å². The maximum absolute atomic E-state index is 12.0. The molecule has 0 N–H and O–H groups in total. The molecule has 21 heavy (non-hydrogen) atoms. The van der Waals surface area contributed by atoms with Crippen LogP contribution < -0.4 is 0 Å². The highest BCUT2D eigenvalue weighted by Crippen LogP contribution is 2.44. The molecule has 0 saturated heterocycles. The third-order valence-corrected chi connectivity index (χ3v) is 4.90. The Morgan fingerprint density at radius 2 is 2.00 bits per heavy atom. The van der Waals surface area contributed by atoms with Crippen LogP contribution >= 0.6 is 15.9 Å². The highest BCUT2D eigenvalue weighted by molar-refractivity contribution is 9.09. The summed E-state index contributed by atoms with van der Waals surface area (Å²) >= 11 is 3.54. The Hall–Kier alpha value is -1.13. The highest BCUT2D eigenvalue weighted by atomic mass is 79.9. The molecule has 0 spiro atoms. The van der Waals surface area contributed by atoms with Gasteiger partial charge in [-0.2, -0.15) is 5.06 Å². The summed E-state index contributed by atoms with van der Waals surface area (Å²) in [7, 11) is 0. The molecule has 2 atom stereocenters. The molecule has 1 aliphatic carbocycles. The fourth-order valence-corrected chi connectivity index (χ4v) is 3.99. The van der Waals surface area contributed by atoms with E-state index in [9.17, 15) is 4.79 Å². The van der Waals surface area contributed by atoms with Gasteiger partial charge in [-0.3, -0.25) is 9.63 Å². The molecule has 1 aromatic rings. The number of fused-ring (bicyclic) bond motifs is 1. The highest BCUT2D eigenvalue weighted by Gasteiger charge is 2.39. The van der Waals surface area contributed by atoms with Gasteiger partial charge in [-0.05, 0) is 24.0 Å².